The van der Waals surface area contributed by atoms with Gasteiger partial charge in [0.2, 0.25) is 5.91 Å². The monoisotopic (exact) mass is 352 g/mol. The van der Waals surface area contributed by atoms with Gasteiger partial charge in [-0.1, -0.05) is 13.3 Å². The van der Waals surface area contributed by atoms with E-state index in [1.807, 2.05) is 5.38 Å². The fraction of sp³-hybridized carbons (Fsp3) is 0.588. The number of amides is 2. The second kappa shape index (κ2) is 8.28. The summed E-state index contributed by atoms with van der Waals surface area (Å²) in [6, 6.07) is 1.71. The van der Waals surface area contributed by atoms with E-state index in [0.717, 1.165) is 19.3 Å². The Morgan fingerprint density at radius 3 is 2.58 bits per heavy atom. The van der Waals surface area contributed by atoms with Crippen LogP contribution in [-0.2, 0) is 9.59 Å². The molecule has 132 valence electrons. The fourth-order valence-corrected chi connectivity index (χ4v) is 3.72. The molecule has 24 heavy (non-hydrogen) atoms. The average Bonchev–Trinajstić information content (AvgIpc) is 3.10. The number of carboxylic acid groups (broad SMARTS) is 1. The molecule has 2 amide bonds. The minimum Gasteiger partial charge on any atom is -0.480 e. The minimum atomic E-state index is -1.15. The Morgan fingerprint density at radius 2 is 2.04 bits per heavy atom. The Balaban J connectivity index is 1.81. The zero-order valence-electron chi connectivity index (χ0n) is 13.8. The molecule has 0 saturated heterocycles. The van der Waals surface area contributed by atoms with Crippen molar-refractivity contribution < 1.29 is 19.5 Å². The lowest BCUT2D eigenvalue weighted by Crippen LogP contribution is -2.56. The summed E-state index contributed by atoms with van der Waals surface area (Å²) < 4.78 is 0. The number of rotatable bonds is 7. The van der Waals surface area contributed by atoms with Crippen LogP contribution < -0.4 is 10.6 Å². The van der Waals surface area contributed by atoms with Crippen LogP contribution in [0.2, 0.25) is 0 Å². The number of thiophene rings is 1. The molecule has 0 bridgehead atoms. The molecule has 1 aliphatic carbocycles. The molecule has 0 aromatic carbocycles. The molecule has 0 aliphatic heterocycles. The van der Waals surface area contributed by atoms with Crippen LogP contribution >= 0.6 is 11.3 Å². The van der Waals surface area contributed by atoms with E-state index in [1.54, 1.807) is 11.4 Å². The van der Waals surface area contributed by atoms with Gasteiger partial charge in [-0.25, -0.2) is 4.79 Å². The van der Waals surface area contributed by atoms with Crippen molar-refractivity contribution in [1.82, 2.24) is 10.6 Å². The van der Waals surface area contributed by atoms with Crippen LogP contribution in [0.3, 0.4) is 0 Å². The van der Waals surface area contributed by atoms with Crippen LogP contribution in [0, 0.1) is 5.92 Å². The molecular weight excluding hydrogens is 328 g/mol. The van der Waals surface area contributed by atoms with Gasteiger partial charge in [0.1, 0.15) is 5.54 Å². The predicted octanol–water partition coefficient (Wildman–Crippen LogP) is 2.41. The summed E-state index contributed by atoms with van der Waals surface area (Å²) in [4.78, 5) is 35.6. The van der Waals surface area contributed by atoms with Gasteiger partial charge in [-0.2, -0.15) is 11.3 Å². The van der Waals surface area contributed by atoms with Gasteiger partial charge in [0.15, 0.2) is 0 Å². The number of hydrogen-bond donors (Lipinski definition) is 3. The maximum atomic E-state index is 12.1. The van der Waals surface area contributed by atoms with E-state index in [-0.39, 0.29) is 24.8 Å². The first kappa shape index (κ1) is 18.4. The highest BCUT2D eigenvalue weighted by molar-refractivity contribution is 7.08. The van der Waals surface area contributed by atoms with Crippen molar-refractivity contribution in [3.63, 3.8) is 0 Å². The highest BCUT2D eigenvalue weighted by atomic mass is 32.1. The van der Waals surface area contributed by atoms with Crippen LogP contribution in [0.25, 0.3) is 0 Å². The van der Waals surface area contributed by atoms with Gasteiger partial charge in [0.05, 0.1) is 0 Å². The number of carbonyl (C=O) groups is 3. The molecule has 1 saturated carbocycles. The molecule has 0 radical (unpaired) electrons. The Bertz CT molecular complexity index is 577. The molecule has 1 aliphatic rings. The molecule has 1 aromatic rings. The molecule has 3 N–H and O–H groups in total. The van der Waals surface area contributed by atoms with Crippen LogP contribution in [0.1, 0.15) is 55.8 Å². The number of carboxylic acids is 1. The fourth-order valence-electron chi connectivity index (χ4n) is 3.09. The van der Waals surface area contributed by atoms with Gasteiger partial charge < -0.3 is 15.7 Å². The summed E-state index contributed by atoms with van der Waals surface area (Å²) in [5, 5.41) is 18.5. The van der Waals surface area contributed by atoms with Crippen LogP contribution in [0.4, 0.5) is 0 Å². The zero-order valence-corrected chi connectivity index (χ0v) is 14.7. The van der Waals surface area contributed by atoms with Crippen molar-refractivity contribution in [2.75, 3.05) is 6.54 Å². The maximum absolute atomic E-state index is 12.1. The molecule has 2 rings (SSSR count). The lowest BCUT2D eigenvalue weighted by Gasteiger charge is -2.37. The third-order valence-electron chi connectivity index (χ3n) is 4.75. The van der Waals surface area contributed by atoms with E-state index in [1.165, 1.54) is 11.3 Å². The van der Waals surface area contributed by atoms with Crippen molar-refractivity contribution >= 4 is 29.1 Å². The van der Waals surface area contributed by atoms with E-state index in [0.29, 0.717) is 24.3 Å². The van der Waals surface area contributed by atoms with Gasteiger partial charge in [0, 0.05) is 23.9 Å². The first-order chi connectivity index (χ1) is 11.5. The average molecular weight is 352 g/mol. The molecule has 1 heterocycles. The van der Waals surface area contributed by atoms with Crippen LogP contribution in [0.15, 0.2) is 16.8 Å². The lowest BCUT2D eigenvalue weighted by atomic mass is 9.75. The molecular formula is C17H24N2O4S. The van der Waals surface area contributed by atoms with Crippen molar-refractivity contribution in [2.45, 2.75) is 51.0 Å². The largest absolute Gasteiger partial charge is 0.480 e. The van der Waals surface area contributed by atoms with Gasteiger partial charge in [-0.05, 0) is 43.0 Å². The predicted molar refractivity (Wildman–Crippen MR) is 92.0 cm³/mol. The van der Waals surface area contributed by atoms with Crippen LogP contribution in [-0.4, -0.2) is 35.0 Å². The molecule has 1 fully saturated rings. The van der Waals surface area contributed by atoms with Crippen molar-refractivity contribution in [3.8, 4) is 0 Å². The summed E-state index contributed by atoms with van der Waals surface area (Å²) in [5.41, 5.74) is -0.583. The third kappa shape index (κ3) is 4.56. The normalized spacial score (nSPS) is 23.5. The number of nitrogens with one attached hydrogen (secondary N) is 2. The van der Waals surface area contributed by atoms with E-state index < -0.39 is 11.5 Å². The second-order valence-corrected chi connectivity index (χ2v) is 7.09. The molecule has 6 nitrogen and oxygen atoms in total. The summed E-state index contributed by atoms with van der Waals surface area (Å²) in [6.45, 7) is 2.29. The van der Waals surface area contributed by atoms with Crippen molar-refractivity contribution in [1.29, 1.82) is 0 Å². The molecule has 1 aromatic heterocycles. The summed E-state index contributed by atoms with van der Waals surface area (Å²) in [5.74, 6) is -0.981. The standard InChI is InChI=1S/C17H24N2O4S/c1-2-12-3-7-17(8-4-12,16(22)23)19-14(20)5-9-18-15(21)13-6-10-24-11-13/h6,10-12H,2-5,7-9H2,1H3,(H,18,21)(H,19,20)(H,22,23). The van der Waals surface area contributed by atoms with Gasteiger partial charge in [0.25, 0.3) is 5.91 Å². The topological polar surface area (TPSA) is 95.5 Å². The van der Waals surface area contributed by atoms with Crippen LogP contribution in [0.5, 0.6) is 0 Å². The Kier molecular flexibility index (Phi) is 6.36. The van der Waals surface area contributed by atoms with E-state index in [2.05, 4.69) is 17.6 Å². The first-order valence-corrected chi connectivity index (χ1v) is 9.26. The smallest absolute Gasteiger partial charge is 0.329 e. The molecule has 0 unspecified atom stereocenters. The van der Waals surface area contributed by atoms with Crippen molar-refractivity contribution in [2.24, 2.45) is 5.92 Å². The van der Waals surface area contributed by atoms with Gasteiger partial charge >= 0.3 is 5.97 Å². The zero-order chi connectivity index (χ0) is 17.6. The maximum Gasteiger partial charge on any atom is 0.329 e. The highest BCUT2D eigenvalue weighted by Gasteiger charge is 2.42. The van der Waals surface area contributed by atoms with Gasteiger partial charge in [-0.3, -0.25) is 9.59 Å². The Hall–Kier alpha value is -1.89. The lowest BCUT2D eigenvalue weighted by molar-refractivity contribution is -0.149. The number of carbonyl (C=O) groups excluding carboxylic acids is 2. The summed E-state index contributed by atoms with van der Waals surface area (Å²) >= 11 is 1.43. The molecule has 0 spiro atoms. The molecule has 0 atom stereocenters. The number of hydrogen-bond acceptors (Lipinski definition) is 4. The summed E-state index contributed by atoms with van der Waals surface area (Å²) in [7, 11) is 0. The quantitative estimate of drug-likeness (QED) is 0.702. The van der Waals surface area contributed by atoms with E-state index in [4.69, 9.17) is 0 Å². The SMILES string of the molecule is CCC1CCC(NC(=O)CCNC(=O)c2ccsc2)(C(=O)O)CC1. The Labute approximate surface area is 145 Å². The third-order valence-corrected chi connectivity index (χ3v) is 5.43. The Morgan fingerprint density at radius 1 is 1.33 bits per heavy atom. The minimum absolute atomic E-state index is 0.0715. The second-order valence-electron chi connectivity index (χ2n) is 6.30. The molecule has 7 heteroatoms. The number of aliphatic carboxylic acids is 1. The first-order valence-electron chi connectivity index (χ1n) is 8.31. The highest BCUT2D eigenvalue weighted by Crippen LogP contribution is 2.34. The summed E-state index contributed by atoms with van der Waals surface area (Å²) in [6.07, 6.45) is 3.68. The van der Waals surface area contributed by atoms with Crippen molar-refractivity contribution in [3.05, 3.63) is 22.4 Å². The van der Waals surface area contributed by atoms with E-state index >= 15 is 0 Å². The van der Waals surface area contributed by atoms with Gasteiger partial charge in [-0.15, -0.1) is 0 Å². The van der Waals surface area contributed by atoms with E-state index in [9.17, 15) is 19.5 Å².